The zero-order chi connectivity index (χ0) is 49.1. The van der Waals surface area contributed by atoms with Gasteiger partial charge in [-0.25, -0.2) is 18.4 Å². The van der Waals surface area contributed by atoms with Crippen molar-refractivity contribution in [3.63, 3.8) is 0 Å². The van der Waals surface area contributed by atoms with Crippen molar-refractivity contribution in [2.24, 2.45) is 5.41 Å². The lowest BCUT2D eigenvalue weighted by Gasteiger charge is -2.35. The molecule has 68 heavy (non-hydrogen) atoms. The summed E-state index contributed by atoms with van der Waals surface area (Å²) in [4.78, 5) is 72.2. The highest BCUT2D eigenvalue weighted by Crippen LogP contribution is 2.40. The minimum Gasteiger partial charge on any atom is -0.506 e. The zero-order valence-corrected chi connectivity index (χ0v) is 40.0. The van der Waals surface area contributed by atoms with E-state index in [0.29, 0.717) is 46.6 Å². The van der Waals surface area contributed by atoms with Crippen LogP contribution in [0, 0.1) is 18.2 Å². The van der Waals surface area contributed by atoms with Crippen LogP contribution >= 0.6 is 11.3 Å². The Kier molecular flexibility index (Phi) is 14.8. The second kappa shape index (κ2) is 20.4. The summed E-state index contributed by atoms with van der Waals surface area (Å²) in [7, 11) is -4.38. The number of aryl methyl sites for hydroxylation is 1. The Morgan fingerprint density at radius 1 is 0.985 bits per heavy atom. The summed E-state index contributed by atoms with van der Waals surface area (Å²) >= 11 is 1.56. The molecule has 2 aliphatic rings. The topological polar surface area (TPSA) is 245 Å². The number of nitrogens with one attached hydrogen (secondary N) is 4. The van der Waals surface area contributed by atoms with E-state index < -0.39 is 69.4 Å². The number of hydrogen-bond donors (Lipinski definition) is 6. The molecule has 4 heterocycles. The number of carbonyl (C=O) groups excluding carboxylic acids is 5. The molecule has 3 aromatic carbocycles. The summed E-state index contributed by atoms with van der Waals surface area (Å²) in [6, 6.07) is 11.6. The summed E-state index contributed by atoms with van der Waals surface area (Å²) < 4.78 is 44.2. The number of halogens is 1. The molecule has 0 unspecified atom stereocenters. The molecular formula is C47H56FN9O9S2. The first-order chi connectivity index (χ1) is 32.2. The van der Waals surface area contributed by atoms with Gasteiger partial charge in [-0.2, -0.15) is 13.5 Å². The highest BCUT2D eigenvalue weighted by Gasteiger charge is 2.45. The number of phenols is 1. The lowest BCUT2D eigenvalue weighted by molar-refractivity contribution is -0.144. The summed E-state index contributed by atoms with van der Waals surface area (Å²) in [6.45, 7) is 8.93. The minimum atomic E-state index is -4.38. The minimum absolute atomic E-state index is 0.00239. The van der Waals surface area contributed by atoms with Crippen molar-refractivity contribution < 1.29 is 47.0 Å². The van der Waals surface area contributed by atoms with E-state index in [1.807, 2.05) is 58.9 Å². The Bertz CT molecular complexity index is 2830. The van der Waals surface area contributed by atoms with E-state index in [9.17, 15) is 42.6 Å². The number of rotatable bonds is 17. The highest BCUT2D eigenvalue weighted by molar-refractivity contribution is 7.92. The molecule has 7 rings (SSSR count). The lowest BCUT2D eigenvalue weighted by Crippen LogP contribution is -2.57. The third-order valence-corrected chi connectivity index (χ3v) is 14.4. The molecule has 4 atom stereocenters. The van der Waals surface area contributed by atoms with E-state index in [-0.39, 0.29) is 55.1 Å². The van der Waals surface area contributed by atoms with Crippen molar-refractivity contribution in [1.82, 2.24) is 40.3 Å². The molecule has 5 amide bonds. The summed E-state index contributed by atoms with van der Waals surface area (Å²) in [5, 5.41) is 34.4. The smallest absolute Gasteiger partial charge is 0.326 e. The number of aliphatic hydroxyl groups is 1. The number of anilines is 1. The van der Waals surface area contributed by atoms with Crippen molar-refractivity contribution >= 4 is 67.5 Å². The van der Waals surface area contributed by atoms with Gasteiger partial charge in [0.1, 0.15) is 36.6 Å². The van der Waals surface area contributed by atoms with Gasteiger partial charge in [0.25, 0.3) is 5.91 Å². The molecule has 2 saturated heterocycles. The van der Waals surface area contributed by atoms with Crippen LogP contribution in [-0.4, -0.2) is 106 Å². The maximum absolute atomic E-state index is 15.7. The SMILES string of the molecule is Cc1ncsc1-c1ccc([C@H](C)NC(=O)[C@@H]2C[C@@H](O)CN2C(=O)[C@@H](NC(=O)CCCCCCNC(=O)Cn2cc(-c3ccc4cc(O)c(N5CC(=O)NS5(=O)=O)c(F)c4c3)cn2)C(C)(C)C)cc1. The fraction of sp³-hybridized carbons (Fsp3) is 0.426. The molecule has 0 aliphatic carbocycles. The molecule has 5 aromatic rings. The average Bonchev–Trinajstić information content (AvgIpc) is 4.08. The highest BCUT2D eigenvalue weighted by atomic mass is 32.2. The number of likely N-dealkylation sites (tertiary alicyclic amines) is 1. The number of fused-ring (bicyclic) bond motifs is 1. The second-order valence-electron chi connectivity index (χ2n) is 18.4. The van der Waals surface area contributed by atoms with Gasteiger partial charge in [0, 0.05) is 43.1 Å². The molecule has 2 aromatic heterocycles. The lowest BCUT2D eigenvalue weighted by atomic mass is 9.85. The van der Waals surface area contributed by atoms with Gasteiger partial charge in [0.05, 0.1) is 34.4 Å². The Balaban J connectivity index is 0.839. The van der Waals surface area contributed by atoms with Crippen molar-refractivity contribution in [3.8, 4) is 27.3 Å². The normalized spacial score (nSPS) is 17.8. The molecule has 2 aliphatic heterocycles. The average molecular weight is 974 g/mol. The number of phenolic OH excluding ortho intramolecular Hbond substituents is 1. The summed E-state index contributed by atoms with van der Waals surface area (Å²) in [6.07, 6.45) is 5.09. The van der Waals surface area contributed by atoms with E-state index in [0.717, 1.165) is 28.1 Å². The molecule has 0 saturated carbocycles. The Labute approximate surface area is 397 Å². The molecule has 21 heteroatoms. The van der Waals surface area contributed by atoms with Gasteiger partial charge in [0.2, 0.25) is 23.6 Å². The Morgan fingerprint density at radius 3 is 2.38 bits per heavy atom. The number of amides is 5. The number of hydrogen-bond acceptors (Lipinski definition) is 12. The molecule has 6 N–H and O–H groups in total. The molecule has 0 bridgehead atoms. The van der Waals surface area contributed by atoms with E-state index in [1.54, 1.807) is 39.9 Å². The van der Waals surface area contributed by atoms with Gasteiger partial charge in [-0.05, 0) is 66.3 Å². The summed E-state index contributed by atoms with van der Waals surface area (Å²) in [5.41, 5.74) is 4.39. The Morgan fingerprint density at radius 2 is 1.71 bits per heavy atom. The van der Waals surface area contributed by atoms with Crippen LogP contribution in [0.4, 0.5) is 10.1 Å². The van der Waals surface area contributed by atoms with Crippen LogP contribution in [0.5, 0.6) is 5.75 Å². The predicted molar refractivity (Wildman–Crippen MR) is 254 cm³/mol. The first kappa shape index (κ1) is 49.5. The van der Waals surface area contributed by atoms with Gasteiger partial charge in [-0.15, -0.1) is 11.3 Å². The molecule has 2 fully saturated rings. The monoisotopic (exact) mass is 973 g/mol. The summed E-state index contributed by atoms with van der Waals surface area (Å²) in [5.74, 6) is -3.93. The van der Waals surface area contributed by atoms with Crippen LogP contribution in [0.25, 0.3) is 32.3 Å². The third kappa shape index (κ3) is 11.3. The fourth-order valence-corrected chi connectivity index (χ4v) is 10.4. The van der Waals surface area contributed by atoms with E-state index in [4.69, 9.17) is 0 Å². The second-order valence-corrected chi connectivity index (χ2v) is 20.8. The van der Waals surface area contributed by atoms with Gasteiger partial charge >= 0.3 is 10.2 Å². The van der Waals surface area contributed by atoms with E-state index in [2.05, 4.69) is 26.0 Å². The molecule has 362 valence electrons. The van der Waals surface area contributed by atoms with Gasteiger partial charge in [-0.1, -0.05) is 70.0 Å². The molecular weight excluding hydrogens is 918 g/mol. The number of aromatic nitrogens is 3. The fourth-order valence-electron chi connectivity index (χ4n) is 8.43. The van der Waals surface area contributed by atoms with Crippen LogP contribution in [0.1, 0.15) is 83.5 Å². The van der Waals surface area contributed by atoms with Crippen LogP contribution < -0.4 is 25.0 Å². The quantitative estimate of drug-likeness (QED) is 0.0704. The number of benzene rings is 3. The van der Waals surface area contributed by atoms with Crippen LogP contribution in [0.2, 0.25) is 0 Å². The largest absolute Gasteiger partial charge is 0.506 e. The number of carbonyl (C=O) groups is 5. The van der Waals surface area contributed by atoms with Crippen LogP contribution in [0.15, 0.2) is 66.4 Å². The van der Waals surface area contributed by atoms with Crippen molar-refractivity contribution in [2.45, 2.75) is 104 Å². The number of nitrogens with zero attached hydrogens (tertiary/aromatic N) is 5. The van der Waals surface area contributed by atoms with Gasteiger partial charge in [-0.3, -0.25) is 28.7 Å². The number of aromatic hydroxyl groups is 1. The standard InChI is InChI=1S/C47H56FN9O9S2/c1-27(29-11-13-30(14-12-29)43-28(2)50-26-67-43)52-45(63)36-20-34(58)23-56(36)46(64)44(47(3,4)5)53-38(60)10-8-6-7-9-17-49-39(61)24-55-22-33(21-51-55)31-15-16-32-19-37(59)42(41(48)35(32)18-31)57-25-40(62)54-68(57,65)66/h11-16,18-19,21-22,26-27,34,36,44,58-59H,6-10,17,20,23-25H2,1-5H3,(H,49,61)(H,52,63)(H,53,60)(H,54,62)/t27-,34+,36-,44+/m0/s1. The molecule has 18 nitrogen and oxygen atoms in total. The first-order valence-electron chi connectivity index (χ1n) is 22.4. The van der Waals surface area contributed by atoms with E-state index in [1.165, 1.54) is 27.9 Å². The molecule has 0 spiro atoms. The number of aliphatic hydroxyl groups excluding tert-OH is 1. The van der Waals surface area contributed by atoms with Gasteiger partial charge < -0.3 is 31.1 Å². The van der Waals surface area contributed by atoms with Crippen LogP contribution in [-0.2, 0) is 40.7 Å². The van der Waals surface area contributed by atoms with E-state index >= 15 is 4.39 Å². The van der Waals surface area contributed by atoms with Crippen molar-refractivity contribution in [2.75, 3.05) is 23.9 Å². The Hall–Kier alpha value is -6.45. The third-order valence-electron chi connectivity index (χ3n) is 12.1. The number of thiazole rings is 1. The number of β-amino-alcohol motifs (C(OH)–C–C–N with tert-alkyl or cyclic N) is 1. The van der Waals surface area contributed by atoms with Gasteiger partial charge in [0.15, 0.2) is 5.82 Å². The van der Waals surface area contributed by atoms with Crippen LogP contribution in [0.3, 0.4) is 0 Å². The molecule has 0 radical (unpaired) electrons. The number of unbranched alkanes of at least 4 members (excludes halogenated alkanes) is 3. The maximum atomic E-state index is 15.7. The maximum Gasteiger partial charge on any atom is 0.326 e. The van der Waals surface area contributed by atoms with Crippen molar-refractivity contribution in [3.05, 3.63) is 83.5 Å². The first-order valence-corrected chi connectivity index (χ1v) is 24.7. The predicted octanol–water partition coefficient (Wildman–Crippen LogP) is 4.60. The zero-order valence-electron chi connectivity index (χ0n) is 38.4. The van der Waals surface area contributed by atoms with Crippen molar-refractivity contribution in [1.29, 1.82) is 0 Å².